The summed E-state index contributed by atoms with van der Waals surface area (Å²) in [7, 11) is 0. The number of ether oxygens (including phenoxy) is 1. The molecule has 0 aliphatic carbocycles. The zero-order chi connectivity index (χ0) is 22.2. The average molecular weight is 430 g/mol. The standard InChI is InChI=1S/C24H19FN4O3/c1-16(25)23(30)27-14-18(15-27)29-21-11-12-26-13-22(21)28(24(29)31)17-7-9-20(10-8-17)32-19-5-3-2-4-6-19/h2-13,18H,1,14-15H2. The molecule has 0 spiro atoms. The van der Waals surface area contributed by atoms with Gasteiger partial charge in [0.25, 0.3) is 5.91 Å². The highest BCUT2D eigenvalue weighted by Crippen LogP contribution is 2.28. The Morgan fingerprint density at radius 1 is 1.00 bits per heavy atom. The van der Waals surface area contributed by atoms with Crippen molar-refractivity contribution in [1.29, 1.82) is 0 Å². The zero-order valence-corrected chi connectivity index (χ0v) is 17.0. The summed E-state index contributed by atoms with van der Waals surface area (Å²) in [5, 5.41) is 0. The number of hydrogen-bond acceptors (Lipinski definition) is 4. The summed E-state index contributed by atoms with van der Waals surface area (Å²) in [6.45, 7) is 3.54. The van der Waals surface area contributed by atoms with Gasteiger partial charge in [0.15, 0.2) is 5.83 Å². The van der Waals surface area contributed by atoms with Crippen LogP contribution in [0.1, 0.15) is 6.04 Å². The van der Waals surface area contributed by atoms with Gasteiger partial charge in [-0.3, -0.25) is 18.9 Å². The van der Waals surface area contributed by atoms with E-state index in [0.29, 0.717) is 22.5 Å². The van der Waals surface area contributed by atoms with Gasteiger partial charge in [0, 0.05) is 19.3 Å². The monoisotopic (exact) mass is 430 g/mol. The molecule has 160 valence electrons. The first kappa shape index (κ1) is 19.7. The zero-order valence-electron chi connectivity index (χ0n) is 17.0. The fraction of sp³-hybridized carbons (Fsp3) is 0.125. The van der Waals surface area contributed by atoms with Crippen LogP contribution in [-0.4, -0.2) is 38.0 Å². The van der Waals surface area contributed by atoms with Gasteiger partial charge in [0.2, 0.25) is 0 Å². The van der Waals surface area contributed by atoms with Crippen LogP contribution in [0.3, 0.4) is 0 Å². The lowest BCUT2D eigenvalue weighted by molar-refractivity contribution is -0.134. The van der Waals surface area contributed by atoms with E-state index in [-0.39, 0.29) is 24.8 Å². The number of benzene rings is 2. The lowest BCUT2D eigenvalue weighted by Gasteiger charge is -2.39. The van der Waals surface area contributed by atoms with Gasteiger partial charge in [-0.25, -0.2) is 9.18 Å². The molecule has 8 heteroatoms. The lowest BCUT2D eigenvalue weighted by atomic mass is 10.1. The van der Waals surface area contributed by atoms with Crippen LogP contribution in [0.5, 0.6) is 11.5 Å². The van der Waals surface area contributed by atoms with Crippen molar-refractivity contribution >= 4 is 16.9 Å². The summed E-state index contributed by atoms with van der Waals surface area (Å²) in [4.78, 5) is 30.7. The molecule has 2 aromatic heterocycles. The molecule has 0 unspecified atom stereocenters. The van der Waals surface area contributed by atoms with Crippen LogP contribution >= 0.6 is 0 Å². The van der Waals surface area contributed by atoms with Crippen LogP contribution < -0.4 is 10.4 Å². The molecule has 1 amide bonds. The minimum Gasteiger partial charge on any atom is -0.457 e. The first-order valence-corrected chi connectivity index (χ1v) is 10.1. The lowest BCUT2D eigenvalue weighted by Crippen LogP contribution is -2.52. The number of hydrogen-bond donors (Lipinski definition) is 0. The molecule has 0 atom stereocenters. The maximum absolute atomic E-state index is 13.4. The SMILES string of the molecule is C=C(F)C(=O)N1CC(n2c(=O)n(-c3ccc(Oc4ccccc4)cc3)c3cnccc32)C1. The predicted molar refractivity (Wildman–Crippen MR) is 118 cm³/mol. The minimum absolute atomic E-state index is 0.243. The number of carbonyl (C=O) groups excluding carboxylic acids is 1. The smallest absolute Gasteiger partial charge is 0.334 e. The highest BCUT2D eigenvalue weighted by atomic mass is 19.1. The molecule has 32 heavy (non-hydrogen) atoms. The van der Waals surface area contributed by atoms with Crippen molar-refractivity contribution in [2.45, 2.75) is 6.04 Å². The third kappa shape index (κ3) is 3.35. The van der Waals surface area contributed by atoms with Crippen molar-refractivity contribution in [3.63, 3.8) is 0 Å². The van der Waals surface area contributed by atoms with Crippen LogP contribution in [0.25, 0.3) is 16.7 Å². The second-order valence-corrected chi connectivity index (χ2v) is 7.53. The van der Waals surface area contributed by atoms with Crippen molar-refractivity contribution in [2.24, 2.45) is 0 Å². The van der Waals surface area contributed by atoms with E-state index in [0.717, 1.165) is 5.75 Å². The normalized spacial score (nSPS) is 13.7. The average Bonchev–Trinajstić information content (AvgIpc) is 3.06. The van der Waals surface area contributed by atoms with Crippen LogP contribution in [0, 0.1) is 0 Å². The Bertz CT molecular complexity index is 1370. The second kappa shape index (κ2) is 7.81. The van der Waals surface area contributed by atoms with Gasteiger partial charge < -0.3 is 9.64 Å². The highest BCUT2D eigenvalue weighted by molar-refractivity contribution is 5.91. The Balaban J connectivity index is 1.48. The summed E-state index contributed by atoms with van der Waals surface area (Å²) in [5.41, 5.74) is 1.76. The van der Waals surface area contributed by atoms with Gasteiger partial charge in [-0.2, -0.15) is 0 Å². The molecule has 1 aliphatic heterocycles. The second-order valence-electron chi connectivity index (χ2n) is 7.53. The molecule has 3 heterocycles. The number of imidazole rings is 1. The minimum atomic E-state index is -1.000. The Labute approximate surface area is 182 Å². The maximum atomic E-state index is 13.4. The van der Waals surface area contributed by atoms with E-state index in [1.54, 1.807) is 51.9 Å². The van der Waals surface area contributed by atoms with E-state index >= 15 is 0 Å². The van der Waals surface area contributed by atoms with Crippen molar-refractivity contribution in [2.75, 3.05) is 13.1 Å². The third-order valence-corrected chi connectivity index (χ3v) is 5.50. The molecule has 0 bridgehead atoms. The van der Waals surface area contributed by atoms with Crippen molar-refractivity contribution < 1.29 is 13.9 Å². The molecule has 0 radical (unpaired) electrons. The number of likely N-dealkylation sites (tertiary alicyclic amines) is 1. The van der Waals surface area contributed by atoms with Gasteiger partial charge in [0.1, 0.15) is 11.5 Å². The molecule has 1 fully saturated rings. The van der Waals surface area contributed by atoms with Crippen molar-refractivity contribution in [3.8, 4) is 17.2 Å². The van der Waals surface area contributed by atoms with E-state index in [4.69, 9.17) is 4.74 Å². The Kier molecular flexibility index (Phi) is 4.82. The molecular formula is C24H19FN4O3. The summed E-state index contributed by atoms with van der Waals surface area (Å²) >= 11 is 0. The fourth-order valence-electron chi connectivity index (χ4n) is 3.91. The van der Waals surface area contributed by atoms with E-state index < -0.39 is 11.7 Å². The number of fused-ring (bicyclic) bond motifs is 1. The predicted octanol–water partition coefficient (Wildman–Crippen LogP) is 3.85. The molecule has 7 nitrogen and oxygen atoms in total. The molecule has 1 saturated heterocycles. The van der Waals surface area contributed by atoms with Crippen molar-refractivity contribution in [1.82, 2.24) is 19.0 Å². The van der Waals surface area contributed by atoms with E-state index in [2.05, 4.69) is 11.6 Å². The third-order valence-electron chi connectivity index (χ3n) is 5.50. The van der Waals surface area contributed by atoms with Crippen molar-refractivity contribution in [3.05, 3.63) is 95.9 Å². The highest BCUT2D eigenvalue weighted by Gasteiger charge is 2.35. The summed E-state index contributed by atoms with van der Waals surface area (Å²) in [6.07, 6.45) is 3.25. The molecular weight excluding hydrogens is 411 g/mol. The number of carbonyl (C=O) groups is 1. The Morgan fingerprint density at radius 3 is 2.38 bits per heavy atom. The first-order valence-electron chi connectivity index (χ1n) is 10.1. The maximum Gasteiger partial charge on any atom is 0.334 e. The number of amides is 1. The van der Waals surface area contributed by atoms with Gasteiger partial charge in [-0.05, 0) is 42.5 Å². The topological polar surface area (TPSA) is 69.4 Å². The first-order chi connectivity index (χ1) is 15.5. The number of halogens is 1. The van der Waals surface area contributed by atoms with Gasteiger partial charge >= 0.3 is 5.69 Å². The number of aromatic nitrogens is 3. The van der Waals surface area contributed by atoms with Crippen LogP contribution in [0.15, 0.2) is 90.3 Å². The van der Waals surface area contributed by atoms with Crippen LogP contribution in [-0.2, 0) is 4.79 Å². The van der Waals surface area contributed by atoms with Gasteiger partial charge in [-0.1, -0.05) is 24.8 Å². The Hall–Kier alpha value is -4.20. The largest absolute Gasteiger partial charge is 0.457 e. The van der Waals surface area contributed by atoms with Crippen LogP contribution in [0.2, 0.25) is 0 Å². The van der Waals surface area contributed by atoms with E-state index in [9.17, 15) is 14.0 Å². The fourth-order valence-corrected chi connectivity index (χ4v) is 3.91. The molecule has 0 N–H and O–H groups in total. The number of para-hydroxylation sites is 1. The molecule has 0 saturated carbocycles. The van der Waals surface area contributed by atoms with Gasteiger partial charge in [-0.15, -0.1) is 0 Å². The number of pyridine rings is 1. The van der Waals surface area contributed by atoms with E-state index in [1.165, 1.54) is 4.90 Å². The van der Waals surface area contributed by atoms with Gasteiger partial charge in [0.05, 0.1) is 29.0 Å². The molecule has 1 aliphatic rings. The van der Waals surface area contributed by atoms with Crippen LogP contribution in [0.4, 0.5) is 4.39 Å². The number of nitrogens with zero attached hydrogens (tertiary/aromatic N) is 4. The summed E-state index contributed by atoms with van der Waals surface area (Å²) < 4.78 is 22.2. The Morgan fingerprint density at radius 2 is 1.69 bits per heavy atom. The van der Waals surface area contributed by atoms with E-state index in [1.807, 2.05) is 30.3 Å². The quantitative estimate of drug-likeness (QED) is 0.451. The summed E-state index contributed by atoms with van der Waals surface area (Å²) in [6, 6.07) is 18.1. The molecule has 5 rings (SSSR count). The molecule has 2 aromatic carbocycles. The molecule has 4 aromatic rings. The number of rotatable bonds is 5. The summed E-state index contributed by atoms with van der Waals surface area (Å²) in [5.74, 6) is -0.373.